The van der Waals surface area contributed by atoms with Crippen LogP contribution >= 0.6 is 0 Å². The highest BCUT2D eigenvalue weighted by molar-refractivity contribution is 5.28. The predicted octanol–water partition coefficient (Wildman–Crippen LogP) is 2.69. The zero-order valence-corrected chi connectivity index (χ0v) is 9.20. The molecule has 0 heterocycles. The topological polar surface area (TPSA) is 26.0 Å². The van der Waals surface area contributed by atoms with E-state index in [-0.39, 0.29) is 0 Å². The van der Waals surface area contributed by atoms with E-state index in [9.17, 15) is 0 Å². The van der Waals surface area contributed by atoms with E-state index in [4.69, 9.17) is 5.73 Å². The van der Waals surface area contributed by atoms with Crippen molar-refractivity contribution in [1.29, 1.82) is 0 Å². The highest BCUT2D eigenvalue weighted by Gasteiger charge is 2.43. The molecule has 0 radical (unpaired) electrons. The smallest absolute Gasteiger partial charge is 0.0102 e. The molecule has 14 heavy (non-hydrogen) atoms. The molecule has 1 nitrogen and oxygen atoms in total. The minimum atomic E-state index is 0.390. The summed E-state index contributed by atoms with van der Waals surface area (Å²) in [5.41, 5.74) is 8.81. The van der Waals surface area contributed by atoms with E-state index in [1.807, 2.05) is 0 Å². The Bertz CT molecular complexity index is 305. The number of hydrogen-bond acceptors (Lipinski definition) is 1. The third-order valence-electron chi connectivity index (χ3n) is 3.81. The quantitative estimate of drug-likeness (QED) is 0.722. The molecule has 2 rings (SSSR count). The van der Waals surface area contributed by atoms with Crippen LogP contribution in [0.4, 0.5) is 0 Å². The zero-order valence-electron chi connectivity index (χ0n) is 9.20. The van der Waals surface area contributed by atoms with E-state index in [1.54, 1.807) is 0 Å². The Morgan fingerprint density at radius 2 is 1.50 bits per heavy atom. The molecule has 1 saturated carbocycles. The summed E-state index contributed by atoms with van der Waals surface area (Å²) in [5.74, 6) is 1.94. The van der Waals surface area contributed by atoms with E-state index < -0.39 is 0 Å². The Morgan fingerprint density at radius 1 is 1.00 bits per heavy atom. The SMILES string of the molecule is Cc1ccc(C2C(C)C(N)C2C)cc1. The minimum absolute atomic E-state index is 0.390. The average molecular weight is 189 g/mol. The van der Waals surface area contributed by atoms with Crippen molar-refractivity contribution in [3.8, 4) is 0 Å². The molecule has 2 atom stereocenters. The van der Waals surface area contributed by atoms with Crippen LogP contribution in [0, 0.1) is 18.8 Å². The highest BCUT2D eigenvalue weighted by atomic mass is 14.7. The second-order valence-electron chi connectivity index (χ2n) is 4.73. The molecule has 0 amide bonds. The highest BCUT2D eigenvalue weighted by Crippen LogP contribution is 2.46. The molecule has 1 aliphatic rings. The number of benzene rings is 1. The number of rotatable bonds is 1. The lowest BCUT2D eigenvalue weighted by atomic mass is 9.60. The summed E-state index contributed by atoms with van der Waals surface area (Å²) in [6.45, 7) is 6.65. The van der Waals surface area contributed by atoms with E-state index in [0.29, 0.717) is 23.8 Å². The number of hydrogen-bond donors (Lipinski definition) is 1. The summed E-state index contributed by atoms with van der Waals surface area (Å²) in [6, 6.07) is 9.27. The molecule has 0 aliphatic heterocycles. The monoisotopic (exact) mass is 189 g/mol. The first kappa shape index (κ1) is 9.72. The van der Waals surface area contributed by atoms with Gasteiger partial charge in [0.2, 0.25) is 0 Å². The molecule has 1 fully saturated rings. The predicted molar refractivity (Wildman–Crippen MR) is 60.2 cm³/mol. The first-order valence-electron chi connectivity index (χ1n) is 5.43. The van der Waals surface area contributed by atoms with Crippen molar-refractivity contribution in [1.82, 2.24) is 0 Å². The van der Waals surface area contributed by atoms with Crippen LogP contribution in [0.1, 0.15) is 30.9 Å². The Morgan fingerprint density at radius 3 is 2.00 bits per heavy atom. The van der Waals surface area contributed by atoms with Gasteiger partial charge in [-0.2, -0.15) is 0 Å². The first-order chi connectivity index (χ1) is 6.61. The average Bonchev–Trinajstić information content (AvgIpc) is 2.21. The molecule has 0 aromatic heterocycles. The van der Waals surface area contributed by atoms with Crippen molar-refractivity contribution in [3.05, 3.63) is 35.4 Å². The van der Waals surface area contributed by atoms with Gasteiger partial charge in [0.1, 0.15) is 0 Å². The van der Waals surface area contributed by atoms with Gasteiger partial charge in [0.15, 0.2) is 0 Å². The normalized spacial score (nSPS) is 36.6. The van der Waals surface area contributed by atoms with Crippen LogP contribution in [-0.2, 0) is 0 Å². The largest absolute Gasteiger partial charge is 0.327 e. The van der Waals surface area contributed by atoms with Crippen molar-refractivity contribution in [3.63, 3.8) is 0 Å². The molecule has 1 heteroatoms. The molecule has 0 saturated heterocycles. The summed E-state index contributed by atoms with van der Waals surface area (Å²) >= 11 is 0. The number of aryl methyl sites for hydroxylation is 1. The molecule has 0 bridgehead atoms. The molecule has 2 unspecified atom stereocenters. The van der Waals surface area contributed by atoms with E-state index in [1.165, 1.54) is 11.1 Å². The Balaban J connectivity index is 2.20. The first-order valence-corrected chi connectivity index (χ1v) is 5.43. The van der Waals surface area contributed by atoms with Gasteiger partial charge in [-0.3, -0.25) is 0 Å². The molecule has 76 valence electrons. The van der Waals surface area contributed by atoms with Gasteiger partial charge in [0.25, 0.3) is 0 Å². The maximum absolute atomic E-state index is 6.02. The maximum Gasteiger partial charge on any atom is 0.0102 e. The Kier molecular flexibility index (Phi) is 2.36. The molecule has 2 N–H and O–H groups in total. The third-order valence-corrected chi connectivity index (χ3v) is 3.81. The Labute approximate surface area is 86.3 Å². The summed E-state index contributed by atoms with van der Waals surface area (Å²) in [4.78, 5) is 0. The van der Waals surface area contributed by atoms with Crippen molar-refractivity contribution in [2.75, 3.05) is 0 Å². The fourth-order valence-electron chi connectivity index (χ4n) is 2.69. The maximum atomic E-state index is 6.02. The van der Waals surface area contributed by atoms with E-state index in [2.05, 4.69) is 45.0 Å². The number of nitrogens with two attached hydrogens (primary N) is 1. The van der Waals surface area contributed by atoms with Gasteiger partial charge >= 0.3 is 0 Å². The van der Waals surface area contributed by atoms with Crippen LogP contribution in [0.3, 0.4) is 0 Å². The van der Waals surface area contributed by atoms with Gasteiger partial charge in [-0.25, -0.2) is 0 Å². The molecule has 0 spiro atoms. The molecular weight excluding hydrogens is 170 g/mol. The van der Waals surface area contributed by atoms with Crippen molar-refractivity contribution < 1.29 is 0 Å². The molecule has 1 aromatic rings. The summed E-state index contributed by atoms with van der Waals surface area (Å²) in [7, 11) is 0. The van der Waals surface area contributed by atoms with E-state index >= 15 is 0 Å². The fraction of sp³-hybridized carbons (Fsp3) is 0.538. The van der Waals surface area contributed by atoms with Crippen LogP contribution in [0.15, 0.2) is 24.3 Å². The van der Waals surface area contributed by atoms with Crippen LogP contribution in [0.2, 0.25) is 0 Å². The Hall–Kier alpha value is -0.820. The fourth-order valence-corrected chi connectivity index (χ4v) is 2.69. The third kappa shape index (κ3) is 1.36. The summed E-state index contributed by atoms with van der Waals surface area (Å²) in [5, 5.41) is 0. The van der Waals surface area contributed by atoms with Gasteiger partial charge in [0, 0.05) is 6.04 Å². The van der Waals surface area contributed by atoms with Crippen molar-refractivity contribution in [2.24, 2.45) is 17.6 Å². The van der Waals surface area contributed by atoms with Gasteiger partial charge in [-0.15, -0.1) is 0 Å². The van der Waals surface area contributed by atoms with Crippen LogP contribution < -0.4 is 5.73 Å². The standard InChI is InChI=1S/C13H19N/c1-8-4-6-11(7-5-8)12-9(2)13(14)10(12)3/h4-7,9-10,12-13H,14H2,1-3H3. The second kappa shape index (κ2) is 3.39. The molecule has 1 aromatic carbocycles. The zero-order chi connectivity index (χ0) is 10.3. The lowest BCUT2D eigenvalue weighted by Crippen LogP contribution is -2.52. The van der Waals surface area contributed by atoms with Crippen LogP contribution in [0.5, 0.6) is 0 Å². The lowest BCUT2D eigenvalue weighted by molar-refractivity contribution is 0.130. The summed E-state index contributed by atoms with van der Waals surface area (Å²) in [6.07, 6.45) is 0. The van der Waals surface area contributed by atoms with Crippen molar-refractivity contribution in [2.45, 2.75) is 32.7 Å². The van der Waals surface area contributed by atoms with Gasteiger partial charge in [-0.1, -0.05) is 43.7 Å². The van der Waals surface area contributed by atoms with E-state index in [0.717, 1.165) is 0 Å². The van der Waals surface area contributed by atoms with Crippen LogP contribution in [0.25, 0.3) is 0 Å². The van der Waals surface area contributed by atoms with Crippen molar-refractivity contribution >= 4 is 0 Å². The van der Waals surface area contributed by atoms with Gasteiger partial charge in [-0.05, 0) is 30.2 Å². The minimum Gasteiger partial charge on any atom is -0.327 e. The summed E-state index contributed by atoms with van der Waals surface area (Å²) < 4.78 is 0. The molecular formula is C13H19N. The lowest BCUT2D eigenvalue weighted by Gasteiger charge is -2.47. The van der Waals surface area contributed by atoms with Gasteiger partial charge in [0.05, 0.1) is 0 Å². The second-order valence-corrected chi connectivity index (χ2v) is 4.73. The molecule has 1 aliphatic carbocycles. The van der Waals surface area contributed by atoms with Gasteiger partial charge < -0.3 is 5.73 Å². The van der Waals surface area contributed by atoms with Crippen LogP contribution in [-0.4, -0.2) is 6.04 Å².